The van der Waals surface area contributed by atoms with E-state index in [9.17, 15) is 14.4 Å². The number of amides is 3. The number of carbonyl (C=O) groups excluding carboxylic acids is 3. The molecule has 1 aliphatic carbocycles. The van der Waals surface area contributed by atoms with Gasteiger partial charge in [0.15, 0.2) is 0 Å². The molecule has 1 atom stereocenters. The van der Waals surface area contributed by atoms with E-state index in [0.717, 1.165) is 29.5 Å². The number of benzene rings is 2. The van der Waals surface area contributed by atoms with Crippen LogP contribution in [0.1, 0.15) is 49.8 Å². The average Bonchev–Trinajstić information content (AvgIpc) is 3.73. The van der Waals surface area contributed by atoms with E-state index in [1.807, 2.05) is 62.4 Å². The number of allylic oxidation sites excluding steroid dienone is 1. The Labute approximate surface area is 224 Å². The molecular weight excluding hydrogens is 478 g/mol. The highest BCUT2D eigenvalue weighted by molar-refractivity contribution is 6.38. The van der Waals surface area contributed by atoms with Gasteiger partial charge in [-0.15, -0.1) is 0 Å². The van der Waals surface area contributed by atoms with E-state index in [2.05, 4.69) is 27.7 Å². The Kier molecular flexibility index (Phi) is 9.99. The summed E-state index contributed by atoms with van der Waals surface area (Å²) in [5.74, 6) is -0.803. The van der Waals surface area contributed by atoms with Gasteiger partial charge in [-0.3, -0.25) is 19.8 Å². The van der Waals surface area contributed by atoms with Gasteiger partial charge in [-0.05, 0) is 61.9 Å². The highest BCUT2D eigenvalue weighted by atomic mass is 16.2. The number of hydrazone groups is 1. The predicted molar refractivity (Wildman–Crippen MR) is 153 cm³/mol. The molecule has 8 nitrogen and oxygen atoms in total. The largest absolute Gasteiger partial charge is 0.350 e. The molecule has 38 heavy (non-hydrogen) atoms. The average molecular weight is 516 g/mol. The molecule has 3 N–H and O–H groups in total. The number of hydrogen-bond donors (Lipinski definition) is 3. The molecule has 3 rings (SSSR count). The first-order valence-corrected chi connectivity index (χ1v) is 12.9. The lowest BCUT2D eigenvalue weighted by atomic mass is 10.1. The topological polar surface area (TPSA) is 103 Å². The van der Waals surface area contributed by atoms with Crippen molar-refractivity contribution in [2.75, 3.05) is 11.9 Å². The molecule has 0 heterocycles. The van der Waals surface area contributed by atoms with Crippen molar-refractivity contribution in [1.29, 1.82) is 0 Å². The van der Waals surface area contributed by atoms with Crippen LogP contribution in [0.25, 0.3) is 6.08 Å². The first-order chi connectivity index (χ1) is 18.2. The fourth-order valence-electron chi connectivity index (χ4n) is 3.79. The maximum Gasteiger partial charge on any atom is 0.267 e. The summed E-state index contributed by atoms with van der Waals surface area (Å²) in [5, 5.41) is 9.85. The van der Waals surface area contributed by atoms with Crippen molar-refractivity contribution in [2.45, 2.75) is 58.5 Å². The number of nitrogens with one attached hydrogen (secondary N) is 3. The van der Waals surface area contributed by atoms with Gasteiger partial charge in [0.1, 0.15) is 11.8 Å². The van der Waals surface area contributed by atoms with E-state index in [4.69, 9.17) is 0 Å². The standard InChI is InChI=1S/C30H37N5O3/c1-6-26(32-29(37)22(4)34-33-21(3)18-23-10-8-7-9-11-23)30(38)35(5)27-19-24(13-12-20(27)2)14-17-28(36)31-25-15-16-25/h7-14,17,19,25-26,33H,3,6,15-16,18H2,1-2,4-5H3,(H,31,36)(H,32,37)/b17-14+,34-22+/t26-/m0/s1. The third-order valence-electron chi connectivity index (χ3n) is 6.26. The van der Waals surface area contributed by atoms with Gasteiger partial charge < -0.3 is 15.5 Å². The SMILES string of the molecule is C=C(Cc1ccccc1)N/N=C(\C)C(=O)N[C@@H](CC)C(=O)N(C)c1cc(/C=C/C(=O)NC2CC2)ccc1C. The van der Waals surface area contributed by atoms with Gasteiger partial charge in [-0.2, -0.15) is 5.10 Å². The molecule has 0 unspecified atom stereocenters. The predicted octanol–water partition coefficient (Wildman–Crippen LogP) is 3.87. The van der Waals surface area contributed by atoms with Gasteiger partial charge in [0.25, 0.3) is 5.91 Å². The highest BCUT2D eigenvalue weighted by Gasteiger charge is 2.25. The molecule has 1 aliphatic rings. The summed E-state index contributed by atoms with van der Waals surface area (Å²) in [4.78, 5) is 39.6. The Hall–Kier alpha value is -4.20. The van der Waals surface area contributed by atoms with Gasteiger partial charge in [0.05, 0.1) is 0 Å². The van der Waals surface area contributed by atoms with Crippen LogP contribution in [0.4, 0.5) is 5.69 Å². The third-order valence-corrected chi connectivity index (χ3v) is 6.26. The Morgan fingerprint density at radius 2 is 1.87 bits per heavy atom. The van der Waals surface area contributed by atoms with Gasteiger partial charge in [-0.1, -0.05) is 56.0 Å². The van der Waals surface area contributed by atoms with E-state index in [0.29, 0.717) is 30.3 Å². The Morgan fingerprint density at radius 3 is 2.53 bits per heavy atom. The first-order valence-electron chi connectivity index (χ1n) is 12.9. The first kappa shape index (κ1) is 28.4. The minimum Gasteiger partial charge on any atom is -0.350 e. The molecule has 0 bridgehead atoms. The summed E-state index contributed by atoms with van der Waals surface area (Å²) in [7, 11) is 1.68. The summed E-state index contributed by atoms with van der Waals surface area (Å²) < 4.78 is 0. The fraction of sp³-hybridized carbons (Fsp3) is 0.333. The molecule has 2 aromatic carbocycles. The lowest BCUT2D eigenvalue weighted by molar-refractivity contribution is -0.124. The van der Waals surface area contributed by atoms with Crippen LogP contribution in [0.2, 0.25) is 0 Å². The molecule has 200 valence electrons. The van der Waals surface area contributed by atoms with Crippen molar-refractivity contribution in [3.8, 4) is 0 Å². The number of anilines is 1. The normalized spacial score (nSPS) is 14.1. The number of hydrogen-bond acceptors (Lipinski definition) is 5. The molecular formula is C30H37N5O3. The number of nitrogens with zero attached hydrogens (tertiary/aromatic N) is 2. The molecule has 3 amide bonds. The lowest BCUT2D eigenvalue weighted by Crippen LogP contribution is -2.49. The van der Waals surface area contributed by atoms with E-state index in [1.54, 1.807) is 20.0 Å². The molecule has 2 aromatic rings. The van der Waals surface area contributed by atoms with Crippen LogP contribution in [0.3, 0.4) is 0 Å². The van der Waals surface area contributed by atoms with Crippen molar-refractivity contribution < 1.29 is 14.4 Å². The van der Waals surface area contributed by atoms with Crippen molar-refractivity contribution in [3.05, 3.63) is 83.6 Å². The van der Waals surface area contributed by atoms with E-state index in [-0.39, 0.29) is 17.5 Å². The summed E-state index contributed by atoms with van der Waals surface area (Å²) in [5.41, 5.74) is 7.17. The zero-order valence-electron chi connectivity index (χ0n) is 22.6. The molecule has 0 aliphatic heterocycles. The number of carbonyl (C=O) groups is 3. The Bertz CT molecular complexity index is 1230. The van der Waals surface area contributed by atoms with Crippen LogP contribution in [0.5, 0.6) is 0 Å². The molecule has 1 saturated carbocycles. The number of aryl methyl sites for hydroxylation is 1. The van der Waals surface area contributed by atoms with E-state index in [1.165, 1.54) is 11.0 Å². The van der Waals surface area contributed by atoms with Crippen molar-refractivity contribution >= 4 is 35.2 Å². The van der Waals surface area contributed by atoms with Crippen LogP contribution >= 0.6 is 0 Å². The van der Waals surface area contributed by atoms with E-state index < -0.39 is 11.9 Å². The Balaban J connectivity index is 1.60. The number of likely N-dealkylation sites (N-methyl/N-ethyl adjacent to an activating group) is 1. The summed E-state index contributed by atoms with van der Waals surface area (Å²) >= 11 is 0. The minimum atomic E-state index is -0.729. The second kappa shape index (κ2) is 13.4. The quantitative estimate of drug-likeness (QED) is 0.227. The van der Waals surface area contributed by atoms with Crippen LogP contribution in [-0.4, -0.2) is 42.6 Å². The minimum absolute atomic E-state index is 0.122. The van der Waals surface area contributed by atoms with Gasteiger partial charge >= 0.3 is 0 Å². The zero-order chi connectivity index (χ0) is 27.7. The second-order valence-corrected chi connectivity index (χ2v) is 9.57. The van der Waals surface area contributed by atoms with Gasteiger partial charge in [0.2, 0.25) is 11.8 Å². The maximum absolute atomic E-state index is 13.3. The summed E-state index contributed by atoms with van der Waals surface area (Å²) in [6.45, 7) is 9.30. The highest BCUT2D eigenvalue weighted by Crippen LogP contribution is 2.23. The van der Waals surface area contributed by atoms with Crippen LogP contribution < -0.4 is 21.0 Å². The molecule has 0 saturated heterocycles. The molecule has 0 radical (unpaired) electrons. The number of rotatable bonds is 12. The second-order valence-electron chi connectivity index (χ2n) is 9.57. The van der Waals surface area contributed by atoms with Crippen LogP contribution in [-0.2, 0) is 20.8 Å². The summed E-state index contributed by atoms with van der Waals surface area (Å²) in [6.07, 6.45) is 6.30. The summed E-state index contributed by atoms with van der Waals surface area (Å²) in [6, 6.07) is 15.1. The van der Waals surface area contributed by atoms with Crippen LogP contribution in [0.15, 0.2) is 72.0 Å². The van der Waals surface area contributed by atoms with Gasteiger partial charge in [-0.25, -0.2) is 0 Å². The monoisotopic (exact) mass is 515 g/mol. The van der Waals surface area contributed by atoms with Crippen molar-refractivity contribution in [3.63, 3.8) is 0 Å². The van der Waals surface area contributed by atoms with Crippen LogP contribution in [0, 0.1) is 6.92 Å². The zero-order valence-corrected chi connectivity index (χ0v) is 22.6. The lowest BCUT2D eigenvalue weighted by Gasteiger charge is -2.25. The molecule has 0 spiro atoms. The van der Waals surface area contributed by atoms with Crippen molar-refractivity contribution in [1.82, 2.24) is 16.1 Å². The molecule has 8 heteroatoms. The van der Waals surface area contributed by atoms with Crippen molar-refractivity contribution in [2.24, 2.45) is 5.10 Å². The van der Waals surface area contributed by atoms with Gasteiger partial charge in [0, 0.05) is 37.0 Å². The third kappa shape index (κ3) is 8.44. The molecule has 1 fully saturated rings. The smallest absolute Gasteiger partial charge is 0.267 e. The maximum atomic E-state index is 13.3. The fourth-order valence-corrected chi connectivity index (χ4v) is 3.79. The Morgan fingerprint density at radius 1 is 1.16 bits per heavy atom. The molecule has 0 aromatic heterocycles. The van der Waals surface area contributed by atoms with E-state index >= 15 is 0 Å².